The Balaban J connectivity index is 0.000000221. The van der Waals surface area contributed by atoms with Gasteiger partial charge in [-0.25, -0.2) is 0 Å². The summed E-state index contributed by atoms with van der Waals surface area (Å²) in [6.07, 6.45) is 0. The standard InChI is InChI=1S/C18H15P.C8H10/c1-4-10-16(11-5-1)19(17-12-6-2-7-13-17)18-14-8-3-9-15-18;1-7-5-3-4-6-8(7)2/h1-15H;3-6H,1-2H3. The van der Waals surface area contributed by atoms with Crippen molar-refractivity contribution in [1.82, 2.24) is 0 Å². The van der Waals surface area contributed by atoms with Gasteiger partial charge in [-0.05, 0) is 48.8 Å². The quantitative estimate of drug-likeness (QED) is 0.404. The molecule has 0 radical (unpaired) electrons. The molecule has 4 aromatic rings. The van der Waals surface area contributed by atoms with Crippen molar-refractivity contribution >= 4 is 23.8 Å². The Kier molecular flexibility index (Phi) is 6.97. The zero-order valence-corrected chi connectivity index (χ0v) is 16.8. The van der Waals surface area contributed by atoms with Crippen molar-refractivity contribution in [2.75, 3.05) is 0 Å². The third kappa shape index (κ3) is 5.39. The Bertz CT molecular complexity index is 816. The smallest absolute Gasteiger partial charge is 0.0134 e. The lowest BCUT2D eigenvalue weighted by molar-refractivity contribution is 1.34. The van der Waals surface area contributed by atoms with Crippen molar-refractivity contribution in [2.45, 2.75) is 13.8 Å². The van der Waals surface area contributed by atoms with Gasteiger partial charge < -0.3 is 0 Å². The molecule has 1 heteroatoms. The van der Waals surface area contributed by atoms with Gasteiger partial charge in [-0.3, -0.25) is 0 Å². The molecule has 4 aromatic carbocycles. The Morgan fingerprint density at radius 1 is 0.370 bits per heavy atom. The van der Waals surface area contributed by atoms with Crippen LogP contribution in [0.1, 0.15) is 11.1 Å². The SMILES string of the molecule is Cc1ccccc1C.c1ccc(P(c2ccccc2)c2ccccc2)cc1. The molecule has 0 nitrogen and oxygen atoms in total. The molecule has 27 heavy (non-hydrogen) atoms. The van der Waals surface area contributed by atoms with Crippen molar-refractivity contribution in [3.05, 3.63) is 126 Å². The maximum absolute atomic E-state index is 2.23. The van der Waals surface area contributed by atoms with Gasteiger partial charge in [-0.15, -0.1) is 0 Å². The van der Waals surface area contributed by atoms with Crippen LogP contribution in [0.3, 0.4) is 0 Å². The molecule has 0 spiro atoms. The molecule has 0 N–H and O–H groups in total. The van der Waals surface area contributed by atoms with Crippen LogP contribution in [0.25, 0.3) is 0 Å². The van der Waals surface area contributed by atoms with Gasteiger partial charge in [0.05, 0.1) is 0 Å². The van der Waals surface area contributed by atoms with E-state index in [1.165, 1.54) is 27.0 Å². The minimum atomic E-state index is -0.446. The Labute approximate surface area is 164 Å². The van der Waals surface area contributed by atoms with Crippen LogP contribution < -0.4 is 15.9 Å². The summed E-state index contributed by atoms with van der Waals surface area (Å²) in [6, 6.07) is 40.7. The summed E-state index contributed by atoms with van der Waals surface area (Å²) in [5.74, 6) is 0. The van der Waals surface area contributed by atoms with Crippen LogP contribution in [-0.2, 0) is 0 Å². The van der Waals surface area contributed by atoms with Gasteiger partial charge in [0.15, 0.2) is 0 Å². The van der Waals surface area contributed by atoms with E-state index in [2.05, 4.69) is 129 Å². The van der Waals surface area contributed by atoms with Crippen molar-refractivity contribution in [3.8, 4) is 0 Å². The van der Waals surface area contributed by atoms with E-state index in [0.717, 1.165) is 0 Å². The van der Waals surface area contributed by atoms with Gasteiger partial charge in [0.25, 0.3) is 0 Å². The van der Waals surface area contributed by atoms with E-state index >= 15 is 0 Å². The first-order chi connectivity index (χ1) is 13.3. The second-order valence-electron chi connectivity index (χ2n) is 6.43. The van der Waals surface area contributed by atoms with Crippen LogP contribution in [0, 0.1) is 13.8 Å². The molecule has 4 rings (SSSR count). The minimum absolute atomic E-state index is 0.446. The Morgan fingerprint density at radius 3 is 0.889 bits per heavy atom. The lowest BCUT2D eigenvalue weighted by Crippen LogP contribution is -2.20. The molecule has 0 amide bonds. The summed E-state index contributed by atoms with van der Waals surface area (Å²) in [6.45, 7) is 4.24. The average molecular weight is 368 g/mol. The molecule has 0 aromatic heterocycles. The summed E-state index contributed by atoms with van der Waals surface area (Å²) in [5.41, 5.74) is 2.74. The predicted molar refractivity (Wildman–Crippen MR) is 121 cm³/mol. The highest BCUT2D eigenvalue weighted by Gasteiger charge is 2.14. The maximum Gasteiger partial charge on any atom is -0.0134 e. The van der Waals surface area contributed by atoms with Gasteiger partial charge in [-0.1, -0.05) is 115 Å². The molecule has 134 valence electrons. The highest BCUT2D eigenvalue weighted by atomic mass is 31.1. The molecular weight excluding hydrogens is 343 g/mol. The lowest BCUT2D eigenvalue weighted by Gasteiger charge is -2.18. The van der Waals surface area contributed by atoms with E-state index < -0.39 is 7.92 Å². The summed E-state index contributed by atoms with van der Waals surface area (Å²) in [5, 5.41) is 4.19. The monoisotopic (exact) mass is 368 g/mol. The van der Waals surface area contributed by atoms with Gasteiger partial charge in [-0.2, -0.15) is 0 Å². The summed E-state index contributed by atoms with van der Waals surface area (Å²) < 4.78 is 0. The van der Waals surface area contributed by atoms with Gasteiger partial charge in [0.2, 0.25) is 0 Å². The van der Waals surface area contributed by atoms with E-state index in [9.17, 15) is 0 Å². The van der Waals surface area contributed by atoms with E-state index in [1.54, 1.807) is 0 Å². The van der Waals surface area contributed by atoms with E-state index in [-0.39, 0.29) is 0 Å². The van der Waals surface area contributed by atoms with Crippen LogP contribution in [-0.4, -0.2) is 0 Å². The fourth-order valence-electron chi connectivity index (χ4n) is 2.84. The van der Waals surface area contributed by atoms with Crippen LogP contribution >= 0.6 is 7.92 Å². The van der Waals surface area contributed by atoms with Crippen LogP contribution in [0.5, 0.6) is 0 Å². The molecular formula is C26H25P. The number of aryl methyl sites for hydroxylation is 2. The third-order valence-corrected chi connectivity index (χ3v) is 6.91. The first kappa shape index (κ1) is 19.1. The van der Waals surface area contributed by atoms with Gasteiger partial charge in [0.1, 0.15) is 0 Å². The van der Waals surface area contributed by atoms with Crippen LogP contribution in [0.4, 0.5) is 0 Å². The molecule has 0 heterocycles. The molecule has 0 unspecified atom stereocenters. The molecule has 0 saturated carbocycles. The fourth-order valence-corrected chi connectivity index (χ4v) is 5.15. The zero-order chi connectivity index (χ0) is 18.9. The lowest BCUT2D eigenvalue weighted by atomic mass is 10.1. The molecule has 0 atom stereocenters. The van der Waals surface area contributed by atoms with Gasteiger partial charge in [0, 0.05) is 0 Å². The summed E-state index contributed by atoms with van der Waals surface area (Å²) >= 11 is 0. The maximum atomic E-state index is 2.23. The molecule has 0 bridgehead atoms. The first-order valence-electron chi connectivity index (χ1n) is 9.23. The van der Waals surface area contributed by atoms with E-state index in [0.29, 0.717) is 0 Å². The highest BCUT2D eigenvalue weighted by molar-refractivity contribution is 7.79. The van der Waals surface area contributed by atoms with Crippen molar-refractivity contribution in [3.63, 3.8) is 0 Å². The topological polar surface area (TPSA) is 0 Å². The molecule has 0 aliphatic rings. The largest absolute Gasteiger partial charge is 0.0622 e. The summed E-state index contributed by atoms with van der Waals surface area (Å²) in [4.78, 5) is 0. The van der Waals surface area contributed by atoms with Crippen molar-refractivity contribution in [1.29, 1.82) is 0 Å². The fraction of sp³-hybridized carbons (Fsp3) is 0.0769. The predicted octanol–water partition coefficient (Wildman–Crippen LogP) is 5.75. The minimum Gasteiger partial charge on any atom is -0.0622 e. The van der Waals surface area contributed by atoms with Crippen LogP contribution in [0.15, 0.2) is 115 Å². The van der Waals surface area contributed by atoms with Gasteiger partial charge >= 0.3 is 0 Å². The number of hydrogen-bond donors (Lipinski definition) is 0. The van der Waals surface area contributed by atoms with E-state index in [4.69, 9.17) is 0 Å². The number of rotatable bonds is 3. The van der Waals surface area contributed by atoms with Crippen molar-refractivity contribution < 1.29 is 0 Å². The number of benzene rings is 4. The Morgan fingerprint density at radius 2 is 0.630 bits per heavy atom. The first-order valence-corrected chi connectivity index (χ1v) is 10.6. The molecule has 0 fully saturated rings. The number of hydrogen-bond acceptors (Lipinski definition) is 0. The van der Waals surface area contributed by atoms with Crippen LogP contribution in [0.2, 0.25) is 0 Å². The zero-order valence-electron chi connectivity index (χ0n) is 15.9. The highest BCUT2D eigenvalue weighted by Crippen LogP contribution is 2.32. The van der Waals surface area contributed by atoms with E-state index in [1.807, 2.05) is 0 Å². The Hall–Kier alpha value is -2.69. The molecule has 0 aliphatic heterocycles. The molecule has 0 saturated heterocycles. The summed E-state index contributed by atoms with van der Waals surface area (Å²) in [7, 11) is -0.446. The second-order valence-corrected chi connectivity index (χ2v) is 8.65. The van der Waals surface area contributed by atoms with Crippen molar-refractivity contribution in [2.24, 2.45) is 0 Å². The normalized spacial score (nSPS) is 10.2. The third-order valence-electron chi connectivity index (χ3n) is 4.47. The average Bonchev–Trinajstić information content (AvgIpc) is 2.73. The second kappa shape index (κ2) is 9.86. The molecule has 0 aliphatic carbocycles.